The number of carbonyl (C=O) groups is 1. The lowest BCUT2D eigenvalue weighted by Crippen LogP contribution is -2.21. The summed E-state index contributed by atoms with van der Waals surface area (Å²) >= 11 is 0. The molecule has 1 N–H and O–H groups in total. The molecule has 0 aromatic heterocycles. The average molecular weight is 246 g/mol. The molecule has 3 heteroatoms. The van der Waals surface area contributed by atoms with Crippen molar-refractivity contribution in [2.24, 2.45) is 11.8 Å². The zero-order valence-corrected chi connectivity index (χ0v) is 10.5. The summed E-state index contributed by atoms with van der Waals surface area (Å²) < 4.78 is 5.09. The Morgan fingerprint density at radius 1 is 1.44 bits per heavy atom. The lowest BCUT2D eigenvalue weighted by Gasteiger charge is -2.21. The Kier molecular flexibility index (Phi) is 3.70. The maximum absolute atomic E-state index is 11.5. The third-order valence-corrected chi connectivity index (χ3v) is 3.56. The number of rotatable bonds is 6. The van der Waals surface area contributed by atoms with E-state index in [1.54, 1.807) is 25.3 Å². The molecule has 0 amide bonds. The lowest BCUT2D eigenvalue weighted by atomic mass is 9.83. The van der Waals surface area contributed by atoms with E-state index in [-0.39, 0.29) is 5.92 Å². The Morgan fingerprint density at radius 3 is 2.44 bits per heavy atom. The molecular weight excluding hydrogens is 228 g/mol. The Hall–Kier alpha value is -1.77. The zero-order valence-electron chi connectivity index (χ0n) is 10.5. The van der Waals surface area contributed by atoms with Crippen LogP contribution in [-0.2, 0) is 4.79 Å². The van der Waals surface area contributed by atoms with Gasteiger partial charge in [-0.25, -0.2) is 0 Å². The highest BCUT2D eigenvalue weighted by atomic mass is 16.5. The number of carboxylic acid groups (broad SMARTS) is 1. The third kappa shape index (κ3) is 2.55. The van der Waals surface area contributed by atoms with Crippen LogP contribution in [0.4, 0.5) is 0 Å². The summed E-state index contributed by atoms with van der Waals surface area (Å²) in [6.45, 7) is 3.80. The van der Waals surface area contributed by atoms with E-state index >= 15 is 0 Å². The Balaban J connectivity index is 2.27. The number of methoxy groups -OCH3 is 1. The first-order valence-corrected chi connectivity index (χ1v) is 6.16. The molecule has 1 aliphatic rings. The van der Waals surface area contributed by atoms with Gasteiger partial charge in [-0.1, -0.05) is 18.2 Å². The van der Waals surface area contributed by atoms with Gasteiger partial charge in [0.25, 0.3) is 0 Å². The van der Waals surface area contributed by atoms with E-state index in [2.05, 4.69) is 6.58 Å². The molecule has 0 heterocycles. The molecule has 0 radical (unpaired) electrons. The molecule has 0 aliphatic heterocycles. The maximum atomic E-state index is 11.5. The van der Waals surface area contributed by atoms with Gasteiger partial charge in [-0.05, 0) is 42.4 Å². The fourth-order valence-corrected chi connectivity index (χ4v) is 2.42. The van der Waals surface area contributed by atoms with Gasteiger partial charge in [0.05, 0.1) is 13.0 Å². The Morgan fingerprint density at radius 2 is 2.06 bits per heavy atom. The number of hydrogen-bond donors (Lipinski definition) is 1. The van der Waals surface area contributed by atoms with Crippen LogP contribution >= 0.6 is 0 Å². The molecular formula is C15H18O3. The highest BCUT2D eigenvalue weighted by Gasteiger charge is 2.38. The topological polar surface area (TPSA) is 46.5 Å². The van der Waals surface area contributed by atoms with Crippen LogP contribution in [0.5, 0.6) is 5.75 Å². The number of carboxylic acids is 1. The number of ether oxygens (including phenoxy) is 1. The number of allylic oxidation sites excluding steroid dienone is 1. The highest BCUT2D eigenvalue weighted by Crippen LogP contribution is 2.44. The lowest BCUT2D eigenvalue weighted by molar-refractivity contribution is -0.140. The summed E-state index contributed by atoms with van der Waals surface area (Å²) in [7, 11) is 1.60. The largest absolute Gasteiger partial charge is 0.497 e. The predicted octanol–water partition coefficient (Wildman–Crippen LogP) is 3.08. The van der Waals surface area contributed by atoms with Crippen molar-refractivity contribution in [3.05, 3.63) is 42.5 Å². The van der Waals surface area contributed by atoms with Gasteiger partial charge in [-0.2, -0.15) is 0 Å². The fourth-order valence-electron chi connectivity index (χ4n) is 2.42. The van der Waals surface area contributed by atoms with Gasteiger partial charge in [0.15, 0.2) is 0 Å². The van der Waals surface area contributed by atoms with E-state index in [1.807, 2.05) is 12.1 Å². The zero-order chi connectivity index (χ0) is 13.1. The van der Waals surface area contributed by atoms with Crippen LogP contribution in [0.25, 0.3) is 0 Å². The van der Waals surface area contributed by atoms with Crippen LogP contribution in [0.3, 0.4) is 0 Å². The molecule has 0 spiro atoms. The van der Waals surface area contributed by atoms with Crippen LogP contribution in [0, 0.1) is 11.8 Å². The third-order valence-electron chi connectivity index (χ3n) is 3.56. The molecule has 3 nitrogen and oxygen atoms in total. The molecule has 1 fully saturated rings. The molecule has 1 aromatic carbocycles. The van der Waals surface area contributed by atoms with E-state index in [0.717, 1.165) is 24.2 Å². The smallest absolute Gasteiger partial charge is 0.311 e. The molecule has 2 rings (SSSR count). The van der Waals surface area contributed by atoms with Crippen molar-refractivity contribution in [3.63, 3.8) is 0 Å². The van der Waals surface area contributed by atoms with Crippen molar-refractivity contribution >= 4 is 5.97 Å². The van der Waals surface area contributed by atoms with Crippen molar-refractivity contribution in [1.82, 2.24) is 0 Å². The van der Waals surface area contributed by atoms with Gasteiger partial charge in [-0.15, -0.1) is 6.58 Å². The average Bonchev–Trinajstić information content (AvgIpc) is 3.20. The van der Waals surface area contributed by atoms with E-state index in [9.17, 15) is 9.90 Å². The molecule has 0 unspecified atom stereocenters. The van der Waals surface area contributed by atoms with E-state index in [0.29, 0.717) is 5.92 Å². The van der Waals surface area contributed by atoms with Gasteiger partial charge < -0.3 is 9.84 Å². The van der Waals surface area contributed by atoms with Gasteiger partial charge >= 0.3 is 5.97 Å². The van der Waals surface area contributed by atoms with Gasteiger partial charge in [0.2, 0.25) is 0 Å². The second-order valence-electron chi connectivity index (χ2n) is 4.74. The minimum atomic E-state index is -0.781. The first-order chi connectivity index (χ1) is 8.67. The van der Waals surface area contributed by atoms with Crippen LogP contribution in [0.2, 0.25) is 0 Å². The number of hydrogen-bond acceptors (Lipinski definition) is 2. The van der Waals surface area contributed by atoms with Crippen LogP contribution in [0.1, 0.15) is 24.3 Å². The van der Waals surface area contributed by atoms with E-state index < -0.39 is 11.9 Å². The normalized spacial score (nSPS) is 17.8. The molecule has 0 saturated heterocycles. The maximum Gasteiger partial charge on any atom is 0.311 e. The second-order valence-corrected chi connectivity index (χ2v) is 4.74. The first kappa shape index (κ1) is 12.7. The summed E-state index contributed by atoms with van der Waals surface area (Å²) in [5.74, 6) is -0.0380. The summed E-state index contributed by atoms with van der Waals surface area (Å²) in [5.41, 5.74) is 0.820. The quantitative estimate of drug-likeness (QED) is 0.785. The van der Waals surface area contributed by atoms with Crippen LogP contribution < -0.4 is 4.74 Å². The van der Waals surface area contributed by atoms with Crippen molar-refractivity contribution in [1.29, 1.82) is 0 Å². The van der Waals surface area contributed by atoms with Crippen LogP contribution in [-0.4, -0.2) is 18.2 Å². The summed E-state index contributed by atoms with van der Waals surface area (Å²) in [5, 5.41) is 9.45. The molecule has 2 atom stereocenters. The second kappa shape index (κ2) is 5.25. The van der Waals surface area contributed by atoms with E-state index in [1.165, 1.54) is 0 Å². The molecule has 18 heavy (non-hydrogen) atoms. The van der Waals surface area contributed by atoms with Crippen LogP contribution in [0.15, 0.2) is 36.9 Å². The van der Waals surface area contributed by atoms with Gasteiger partial charge in [0.1, 0.15) is 5.75 Å². The molecule has 1 aliphatic carbocycles. The summed E-state index contributed by atoms with van der Waals surface area (Å²) in [6, 6.07) is 7.27. The minimum absolute atomic E-state index is 0.0240. The SMILES string of the molecule is C=C[C@H](C1CC1)[C@H](C(=O)O)c1ccc(OC)cc1. The Labute approximate surface area is 107 Å². The standard InChI is InChI=1S/C15H18O3/c1-3-13(10-4-5-10)14(15(16)17)11-6-8-12(18-2)9-7-11/h3,6-10,13-14H,1,4-5H2,2H3,(H,16,17)/t13-,14-/m1/s1. The predicted molar refractivity (Wildman–Crippen MR) is 69.8 cm³/mol. The fraction of sp³-hybridized carbons (Fsp3) is 0.400. The first-order valence-electron chi connectivity index (χ1n) is 6.16. The highest BCUT2D eigenvalue weighted by molar-refractivity contribution is 5.77. The molecule has 0 bridgehead atoms. The minimum Gasteiger partial charge on any atom is -0.497 e. The van der Waals surface area contributed by atoms with Crippen molar-refractivity contribution < 1.29 is 14.6 Å². The number of aliphatic carboxylic acids is 1. The summed E-state index contributed by atoms with van der Waals surface area (Å²) in [6.07, 6.45) is 4.01. The molecule has 1 aromatic rings. The Bertz CT molecular complexity index is 432. The van der Waals surface area contributed by atoms with Crippen molar-refractivity contribution in [2.75, 3.05) is 7.11 Å². The van der Waals surface area contributed by atoms with Crippen molar-refractivity contribution in [2.45, 2.75) is 18.8 Å². The van der Waals surface area contributed by atoms with Crippen molar-refractivity contribution in [3.8, 4) is 5.75 Å². The number of benzene rings is 1. The molecule has 1 saturated carbocycles. The molecule has 96 valence electrons. The monoisotopic (exact) mass is 246 g/mol. The van der Waals surface area contributed by atoms with Gasteiger partial charge in [-0.3, -0.25) is 4.79 Å². The summed E-state index contributed by atoms with van der Waals surface area (Å²) in [4.78, 5) is 11.5. The van der Waals surface area contributed by atoms with E-state index in [4.69, 9.17) is 4.74 Å². The van der Waals surface area contributed by atoms with Gasteiger partial charge in [0, 0.05) is 0 Å².